The number of aromatic nitrogens is 2. The third-order valence-corrected chi connectivity index (χ3v) is 5.54. The van der Waals surface area contributed by atoms with Gasteiger partial charge in [-0.05, 0) is 49.6 Å². The van der Waals surface area contributed by atoms with Gasteiger partial charge < -0.3 is 9.15 Å². The van der Waals surface area contributed by atoms with Crippen molar-refractivity contribution in [3.8, 4) is 27.8 Å². The first-order valence-corrected chi connectivity index (χ1v) is 10.4. The van der Waals surface area contributed by atoms with Gasteiger partial charge in [0.1, 0.15) is 11.5 Å². The van der Waals surface area contributed by atoms with Crippen molar-refractivity contribution >= 4 is 33.7 Å². The molecule has 0 radical (unpaired) electrons. The largest absolute Gasteiger partial charge is 0.494 e. The normalized spacial score (nSPS) is 10.8. The summed E-state index contributed by atoms with van der Waals surface area (Å²) in [6.45, 7) is 4.30. The average molecular weight is 412 g/mol. The predicted octanol–water partition coefficient (Wildman–Crippen LogP) is 5.49. The highest BCUT2D eigenvalue weighted by atomic mass is 32.1. The lowest BCUT2D eigenvalue weighted by Gasteiger charge is -2.03. The van der Waals surface area contributed by atoms with E-state index in [0.29, 0.717) is 23.4 Å². The van der Waals surface area contributed by atoms with Crippen LogP contribution in [0.15, 0.2) is 51.6 Å². The van der Waals surface area contributed by atoms with E-state index in [-0.39, 0.29) is 11.6 Å². The highest BCUT2D eigenvalue weighted by Crippen LogP contribution is 2.28. The Morgan fingerprint density at radius 3 is 2.71 bits per heavy atom. The molecule has 0 aliphatic heterocycles. The Morgan fingerprint density at radius 1 is 1.18 bits per heavy atom. The third kappa shape index (κ3) is 3.83. The maximum atomic E-state index is 12.6. The van der Waals surface area contributed by atoms with E-state index >= 15 is 0 Å². The SMILES string of the molecule is CCOc1ccc(-c2csc(NC(=O)c3nc(-c4cccs4)oc3C)n2)cc1. The number of thiophene rings is 1. The fourth-order valence-corrected chi connectivity index (χ4v) is 3.99. The number of aryl methyl sites for hydroxylation is 1. The first-order valence-electron chi connectivity index (χ1n) is 8.65. The molecule has 142 valence electrons. The summed E-state index contributed by atoms with van der Waals surface area (Å²) in [4.78, 5) is 22.3. The number of carbonyl (C=O) groups excluding carboxylic acids is 1. The number of hydrogen-bond acceptors (Lipinski definition) is 7. The molecule has 1 aromatic carbocycles. The van der Waals surface area contributed by atoms with Crippen LogP contribution in [0.4, 0.5) is 5.13 Å². The van der Waals surface area contributed by atoms with Gasteiger partial charge in [0, 0.05) is 10.9 Å². The Hall–Kier alpha value is -2.97. The van der Waals surface area contributed by atoms with Crippen molar-refractivity contribution in [2.45, 2.75) is 13.8 Å². The fraction of sp³-hybridized carbons (Fsp3) is 0.150. The van der Waals surface area contributed by atoms with E-state index in [1.165, 1.54) is 22.7 Å². The fourth-order valence-electron chi connectivity index (χ4n) is 2.62. The molecule has 0 unspecified atom stereocenters. The van der Waals surface area contributed by atoms with Crippen molar-refractivity contribution in [3.63, 3.8) is 0 Å². The van der Waals surface area contributed by atoms with Crippen LogP contribution in [-0.2, 0) is 0 Å². The first-order chi connectivity index (χ1) is 13.6. The van der Waals surface area contributed by atoms with E-state index in [2.05, 4.69) is 15.3 Å². The standard InChI is InChI=1S/C20H17N3O3S2/c1-3-25-14-8-6-13(7-9-14)15-11-28-20(21-15)23-18(24)17-12(2)26-19(22-17)16-5-4-10-27-16/h4-11H,3H2,1-2H3,(H,21,23,24). The van der Waals surface area contributed by atoms with E-state index in [1.807, 2.05) is 54.1 Å². The molecule has 0 saturated carbocycles. The second-order valence-electron chi connectivity index (χ2n) is 5.85. The molecule has 6 nitrogen and oxygen atoms in total. The number of ether oxygens (including phenoxy) is 1. The Balaban J connectivity index is 1.49. The number of nitrogens with one attached hydrogen (secondary N) is 1. The molecule has 3 heterocycles. The number of carbonyl (C=O) groups is 1. The van der Waals surface area contributed by atoms with Crippen molar-refractivity contribution in [2.24, 2.45) is 0 Å². The van der Waals surface area contributed by atoms with Crippen molar-refractivity contribution in [3.05, 3.63) is 58.6 Å². The minimum Gasteiger partial charge on any atom is -0.494 e. The number of amides is 1. The lowest BCUT2D eigenvalue weighted by molar-refractivity contribution is 0.102. The minimum atomic E-state index is -0.336. The summed E-state index contributed by atoms with van der Waals surface area (Å²) >= 11 is 2.87. The van der Waals surface area contributed by atoms with Crippen LogP contribution in [0.1, 0.15) is 23.2 Å². The van der Waals surface area contributed by atoms with E-state index in [0.717, 1.165) is 21.9 Å². The van der Waals surface area contributed by atoms with Gasteiger partial charge in [-0.25, -0.2) is 9.97 Å². The molecule has 3 aromatic heterocycles. The number of nitrogens with zero attached hydrogens (tertiary/aromatic N) is 2. The summed E-state index contributed by atoms with van der Waals surface area (Å²) in [7, 11) is 0. The molecule has 8 heteroatoms. The summed E-state index contributed by atoms with van der Waals surface area (Å²) in [5.41, 5.74) is 2.01. The number of anilines is 1. The molecule has 0 saturated heterocycles. The molecule has 0 bridgehead atoms. The van der Waals surface area contributed by atoms with Crippen molar-refractivity contribution in [1.29, 1.82) is 0 Å². The summed E-state index contributed by atoms with van der Waals surface area (Å²) in [6, 6.07) is 11.5. The highest BCUT2D eigenvalue weighted by Gasteiger charge is 2.19. The zero-order valence-corrected chi connectivity index (χ0v) is 16.9. The number of hydrogen-bond donors (Lipinski definition) is 1. The molecule has 0 aliphatic carbocycles. The molecule has 1 amide bonds. The maximum Gasteiger partial charge on any atom is 0.279 e. The van der Waals surface area contributed by atoms with Gasteiger partial charge in [0.05, 0.1) is 17.2 Å². The molecule has 0 aliphatic rings. The number of thiazole rings is 1. The van der Waals surface area contributed by atoms with Gasteiger partial charge in [-0.3, -0.25) is 10.1 Å². The first kappa shape index (κ1) is 18.4. The van der Waals surface area contributed by atoms with Crippen molar-refractivity contribution in [1.82, 2.24) is 9.97 Å². The molecule has 0 spiro atoms. The molecule has 4 rings (SSSR count). The predicted molar refractivity (Wildman–Crippen MR) is 111 cm³/mol. The topological polar surface area (TPSA) is 77.2 Å². The van der Waals surface area contributed by atoms with Gasteiger partial charge in [-0.15, -0.1) is 22.7 Å². The van der Waals surface area contributed by atoms with Crippen LogP contribution in [-0.4, -0.2) is 22.5 Å². The second kappa shape index (κ2) is 7.95. The van der Waals surface area contributed by atoms with Gasteiger partial charge in [0.15, 0.2) is 10.8 Å². The minimum absolute atomic E-state index is 0.265. The van der Waals surface area contributed by atoms with E-state index < -0.39 is 0 Å². The van der Waals surface area contributed by atoms with Crippen molar-refractivity contribution in [2.75, 3.05) is 11.9 Å². The molecule has 0 atom stereocenters. The Labute approximate surface area is 169 Å². The third-order valence-electron chi connectivity index (χ3n) is 3.93. The van der Waals surface area contributed by atoms with Gasteiger partial charge in [-0.1, -0.05) is 6.07 Å². The Bertz CT molecular complexity index is 1080. The second-order valence-corrected chi connectivity index (χ2v) is 7.66. The lowest BCUT2D eigenvalue weighted by Crippen LogP contribution is -2.13. The summed E-state index contributed by atoms with van der Waals surface area (Å²) in [6.07, 6.45) is 0. The molecule has 1 N–H and O–H groups in total. The van der Waals surface area contributed by atoms with E-state index in [9.17, 15) is 4.79 Å². The van der Waals surface area contributed by atoms with Crippen LogP contribution >= 0.6 is 22.7 Å². The Kier molecular flexibility index (Phi) is 5.23. The van der Waals surface area contributed by atoms with Gasteiger partial charge >= 0.3 is 0 Å². The maximum absolute atomic E-state index is 12.6. The molecular formula is C20H17N3O3S2. The zero-order chi connectivity index (χ0) is 19.5. The van der Waals surface area contributed by atoms with Crippen LogP contribution in [0.2, 0.25) is 0 Å². The van der Waals surface area contributed by atoms with Gasteiger partial charge in [0.25, 0.3) is 5.91 Å². The molecule has 0 fully saturated rings. The van der Waals surface area contributed by atoms with Crippen LogP contribution in [0.3, 0.4) is 0 Å². The van der Waals surface area contributed by atoms with Crippen LogP contribution < -0.4 is 10.1 Å². The lowest BCUT2D eigenvalue weighted by atomic mass is 10.2. The van der Waals surface area contributed by atoms with Crippen LogP contribution in [0.25, 0.3) is 22.0 Å². The van der Waals surface area contributed by atoms with Crippen molar-refractivity contribution < 1.29 is 13.9 Å². The summed E-state index contributed by atoms with van der Waals surface area (Å²) < 4.78 is 11.1. The number of benzene rings is 1. The van der Waals surface area contributed by atoms with Crippen LogP contribution in [0, 0.1) is 6.92 Å². The number of oxazole rings is 1. The van der Waals surface area contributed by atoms with Crippen LogP contribution in [0.5, 0.6) is 5.75 Å². The molecule has 28 heavy (non-hydrogen) atoms. The molecular weight excluding hydrogens is 394 g/mol. The van der Waals surface area contributed by atoms with E-state index in [4.69, 9.17) is 9.15 Å². The average Bonchev–Trinajstić information content (AvgIpc) is 3.43. The summed E-state index contributed by atoms with van der Waals surface area (Å²) in [5.74, 6) is 1.41. The number of rotatable bonds is 6. The van der Waals surface area contributed by atoms with Gasteiger partial charge in [-0.2, -0.15) is 0 Å². The van der Waals surface area contributed by atoms with Gasteiger partial charge in [0.2, 0.25) is 5.89 Å². The smallest absolute Gasteiger partial charge is 0.279 e. The quantitative estimate of drug-likeness (QED) is 0.454. The Morgan fingerprint density at radius 2 is 2.00 bits per heavy atom. The van der Waals surface area contributed by atoms with E-state index in [1.54, 1.807) is 6.92 Å². The highest BCUT2D eigenvalue weighted by molar-refractivity contribution is 7.14. The zero-order valence-electron chi connectivity index (χ0n) is 15.3. The molecule has 4 aromatic rings. The monoisotopic (exact) mass is 411 g/mol. The summed E-state index contributed by atoms with van der Waals surface area (Å²) in [5, 5.41) is 7.15.